The van der Waals surface area contributed by atoms with Crippen molar-refractivity contribution < 1.29 is 14.4 Å². The molecule has 0 radical (unpaired) electrons. The summed E-state index contributed by atoms with van der Waals surface area (Å²) in [6.45, 7) is 5.47. The van der Waals surface area contributed by atoms with E-state index < -0.39 is 0 Å². The molecule has 2 heterocycles. The van der Waals surface area contributed by atoms with Gasteiger partial charge in [0.2, 0.25) is 0 Å². The van der Waals surface area contributed by atoms with Crippen LogP contribution in [0.25, 0.3) is 10.9 Å². The van der Waals surface area contributed by atoms with Crippen LogP contribution in [0, 0.1) is 6.92 Å². The van der Waals surface area contributed by atoms with Crippen LogP contribution in [-0.4, -0.2) is 50.0 Å². The van der Waals surface area contributed by atoms with Crippen LogP contribution in [-0.2, 0) is 9.53 Å². The number of hydrazone groups is 1. The summed E-state index contributed by atoms with van der Waals surface area (Å²) in [4.78, 5) is 17.5. The Hall–Kier alpha value is -2.02. The van der Waals surface area contributed by atoms with Gasteiger partial charge in [0.1, 0.15) is 18.2 Å². The van der Waals surface area contributed by atoms with Gasteiger partial charge in [0.15, 0.2) is 6.54 Å². The molecule has 3 rings (SSSR count). The summed E-state index contributed by atoms with van der Waals surface area (Å²) < 4.78 is 5.27. The van der Waals surface area contributed by atoms with E-state index in [9.17, 15) is 4.79 Å². The lowest BCUT2D eigenvalue weighted by atomic mass is 10.1. The largest absolute Gasteiger partial charge is 0.370 e. The van der Waals surface area contributed by atoms with Crippen LogP contribution in [0.5, 0.6) is 0 Å². The lowest BCUT2D eigenvalue weighted by Crippen LogP contribution is -3.15. The number of pyridine rings is 1. The monoisotopic (exact) mass is 347 g/mol. The molecule has 1 aromatic heterocycles. The summed E-state index contributed by atoms with van der Waals surface area (Å²) in [6.07, 6.45) is 1.53. The summed E-state index contributed by atoms with van der Waals surface area (Å²) in [7, 11) is 0. The van der Waals surface area contributed by atoms with E-state index in [4.69, 9.17) is 16.3 Å². The molecule has 0 bridgehead atoms. The number of aryl methyl sites for hydroxylation is 1. The third kappa shape index (κ3) is 4.08. The van der Waals surface area contributed by atoms with Gasteiger partial charge in [-0.2, -0.15) is 5.10 Å². The highest BCUT2D eigenvalue weighted by Crippen LogP contribution is 2.21. The first-order valence-electron chi connectivity index (χ1n) is 7.92. The number of quaternary nitrogens is 1. The Morgan fingerprint density at radius 3 is 3.04 bits per heavy atom. The second-order valence-electron chi connectivity index (χ2n) is 5.85. The minimum absolute atomic E-state index is 0.121. The number of ether oxygens (including phenoxy) is 1. The van der Waals surface area contributed by atoms with Gasteiger partial charge in [-0.15, -0.1) is 0 Å². The first-order chi connectivity index (χ1) is 11.6. The fourth-order valence-corrected chi connectivity index (χ4v) is 2.90. The smallest absolute Gasteiger partial charge is 0.295 e. The van der Waals surface area contributed by atoms with Crippen LogP contribution in [0.1, 0.15) is 11.1 Å². The summed E-state index contributed by atoms with van der Waals surface area (Å²) in [5, 5.41) is 5.36. The average Bonchev–Trinajstić information content (AvgIpc) is 2.57. The minimum atomic E-state index is -0.121. The standard InChI is InChI=1S/C17H19ClN4O2/c1-12-3-2-4-13-9-14(17(18)20-16(12)13)10-19-21-15(23)11-22-5-7-24-8-6-22/h2-4,9-10H,5-8,11H2,1H3,(H,21,23)/p+1/b19-10-. The van der Waals surface area contributed by atoms with Crippen LogP contribution in [0.3, 0.4) is 0 Å². The number of nitrogens with one attached hydrogen (secondary N) is 2. The van der Waals surface area contributed by atoms with Crippen LogP contribution in [0.15, 0.2) is 29.4 Å². The van der Waals surface area contributed by atoms with Crippen LogP contribution in [0.4, 0.5) is 0 Å². The minimum Gasteiger partial charge on any atom is -0.370 e. The number of hydrogen-bond acceptors (Lipinski definition) is 4. The lowest BCUT2D eigenvalue weighted by Gasteiger charge is -2.22. The molecule has 126 valence electrons. The number of rotatable bonds is 4. The van der Waals surface area contributed by atoms with Crippen molar-refractivity contribution in [1.82, 2.24) is 10.4 Å². The summed E-state index contributed by atoms with van der Waals surface area (Å²) in [6, 6.07) is 7.86. The van der Waals surface area contributed by atoms with Gasteiger partial charge in [0, 0.05) is 10.9 Å². The van der Waals surface area contributed by atoms with Crippen molar-refractivity contribution in [1.29, 1.82) is 0 Å². The van der Waals surface area contributed by atoms with Crippen molar-refractivity contribution in [3.8, 4) is 0 Å². The van der Waals surface area contributed by atoms with Crippen molar-refractivity contribution >= 4 is 34.6 Å². The molecular formula is C17H20ClN4O2+. The molecule has 2 aromatic rings. The zero-order valence-electron chi connectivity index (χ0n) is 13.5. The first kappa shape index (κ1) is 16.8. The molecule has 1 amide bonds. The van der Waals surface area contributed by atoms with Gasteiger partial charge in [-0.05, 0) is 18.6 Å². The molecule has 2 N–H and O–H groups in total. The second kappa shape index (κ2) is 7.70. The molecule has 1 aliphatic rings. The Labute approximate surface area is 145 Å². The second-order valence-corrected chi connectivity index (χ2v) is 6.21. The fraction of sp³-hybridized carbons (Fsp3) is 0.353. The van der Waals surface area contributed by atoms with E-state index in [1.165, 1.54) is 11.1 Å². The maximum Gasteiger partial charge on any atom is 0.295 e. The molecule has 0 aliphatic carbocycles. The molecule has 0 saturated carbocycles. The highest BCUT2D eigenvalue weighted by molar-refractivity contribution is 6.32. The molecule has 0 spiro atoms. The molecule has 0 unspecified atom stereocenters. The summed E-state index contributed by atoms with van der Waals surface area (Å²) in [5.74, 6) is -0.121. The predicted octanol–water partition coefficient (Wildman–Crippen LogP) is 0.562. The zero-order valence-corrected chi connectivity index (χ0v) is 14.3. The number of benzene rings is 1. The highest BCUT2D eigenvalue weighted by Gasteiger charge is 2.17. The van der Waals surface area contributed by atoms with Crippen LogP contribution >= 0.6 is 11.6 Å². The molecule has 1 fully saturated rings. The van der Waals surface area contributed by atoms with E-state index in [0.717, 1.165) is 29.6 Å². The highest BCUT2D eigenvalue weighted by atomic mass is 35.5. The maximum absolute atomic E-state index is 11.9. The van der Waals surface area contributed by atoms with Gasteiger partial charge in [0.25, 0.3) is 5.91 Å². The topological polar surface area (TPSA) is 68.0 Å². The van der Waals surface area contributed by atoms with Crippen molar-refractivity contribution in [3.63, 3.8) is 0 Å². The van der Waals surface area contributed by atoms with Crippen molar-refractivity contribution in [2.75, 3.05) is 32.8 Å². The quantitative estimate of drug-likeness (QED) is 0.482. The Bertz CT molecular complexity index is 773. The van der Waals surface area contributed by atoms with Crippen molar-refractivity contribution in [3.05, 3.63) is 40.5 Å². The van der Waals surface area contributed by atoms with Gasteiger partial charge in [-0.25, -0.2) is 10.4 Å². The molecule has 0 atom stereocenters. The van der Waals surface area contributed by atoms with Gasteiger partial charge < -0.3 is 9.64 Å². The van der Waals surface area contributed by atoms with Gasteiger partial charge in [0.05, 0.1) is 24.9 Å². The Morgan fingerprint density at radius 2 is 2.25 bits per heavy atom. The maximum atomic E-state index is 11.9. The SMILES string of the molecule is Cc1cccc2cc(/C=N\NC(=O)C[NH+]3CCOCC3)c(Cl)nc12. The average molecular weight is 348 g/mol. The Balaban J connectivity index is 1.64. The fourth-order valence-electron chi connectivity index (χ4n) is 2.71. The van der Waals surface area contributed by atoms with E-state index in [1.807, 2.05) is 31.2 Å². The molecule has 7 heteroatoms. The summed E-state index contributed by atoms with van der Waals surface area (Å²) >= 11 is 6.21. The first-order valence-corrected chi connectivity index (χ1v) is 8.30. The van der Waals surface area contributed by atoms with Crippen molar-refractivity contribution in [2.24, 2.45) is 5.10 Å². The van der Waals surface area contributed by atoms with Crippen LogP contribution < -0.4 is 10.3 Å². The number of hydrogen-bond donors (Lipinski definition) is 2. The lowest BCUT2D eigenvalue weighted by molar-refractivity contribution is -0.900. The molecular weight excluding hydrogens is 328 g/mol. The summed E-state index contributed by atoms with van der Waals surface area (Å²) in [5.41, 5.74) is 5.17. The number of para-hydroxylation sites is 1. The molecule has 1 aliphatic heterocycles. The third-order valence-corrected chi connectivity index (χ3v) is 4.33. The van der Waals surface area contributed by atoms with Gasteiger partial charge in [-0.1, -0.05) is 29.8 Å². The van der Waals surface area contributed by atoms with Gasteiger partial charge >= 0.3 is 0 Å². The van der Waals surface area contributed by atoms with Gasteiger partial charge in [-0.3, -0.25) is 4.79 Å². The molecule has 1 saturated heterocycles. The normalized spacial score (nSPS) is 15.9. The predicted molar refractivity (Wildman–Crippen MR) is 93.6 cm³/mol. The molecule has 24 heavy (non-hydrogen) atoms. The number of aromatic nitrogens is 1. The van der Waals surface area contributed by atoms with Crippen molar-refractivity contribution in [2.45, 2.75) is 6.92 Å². The molecule has 6 nitrogen and oxygen atoms in total. The number of amides is 1. The Kier molecular flexibility index (Phi) is 5.40. The van der Waals surface area contributed by atoms with E-state index in [1.54, 1.807) is 0 Å². The third-order valence-electron chi connectivity index (χ3n) is 4.03. The number of morpholine rings is 1. The number of nitrogens with zero attached hydrogens (tertiary/aromatic N) is 2. The number of halogens is 1. The van der Waals surface area contributed by atoms with E-state index in [2.05, 4.69) is 15.5 Å². The Morgan fingerprint density at radius 1 is 1.46 bits per heavy atom. The number of carbonyl (C=O) groups excluding carboxylic acids is 1. The van der Waals surface area contributed by atoms with E-state index in [-0.39, 0.29) is 5.91 Å². The van der Waals surface area contributed by atoms with E-state index >= 15 is 0 Å². The zero-order chi connectivity index (χ0) is 16.9. The van der Waals surface area contributed by atoms with Crippen LogP contribution in [0.2, 0.25) is 5.15 Å². The van der Waals surface area contributed by atoms with E-state index in [0.29, 0.717) is 30.5 Å². The molecule has 1 aromatic carbocycles. The number of carbonyl (C=O) groups is 1. The number of fused-ring (bicyclic) bond motifs is 1.